The van der Waals surface area contributed by atoms with Crippen molar-refractivity contribution in [2.24, 2.45) is 9.98 Å². The topological polar surface area (TPSA) is 63.0 Å². The fourth-order valence-electron chi connectivity index (χ4n) is 3.34. The molecule has 0 radical (unpaired) electrons. The Hall–Kier alpha value is -3.25. The van der Waals surface area contributed by atoms with E-state index >= 15 is 0 Å². The largest absolute Gasteiger partial charge is 0.497 e. The second-order valence-corrected chi connectivity index (χ2v) is 7.53. The fraction of sp³-hybridized carbons (Fsp3) is 0.174. The summed E-state index contributed by atoms with van der Waals surface area (Å²) < 4.78 is 5.30. The van der Waals surface area contributed by atoms with Gasteiger partial charge in [0.15, 0.2) is 0 Å². The molecular weight excluding hydrogens is 382 g/mol. The number of hydrogen-bond acceptors (Lipinski definition) is 5. The smallest absolute Gasteiger partial charge is 0.266 e. The highest BCUT2D eigenvalue weighted by atomic mass is 32.1. The Morgan fingerprint density at radius 2 is 1.76 bits per heavy atom. The lowest BCUT2D eigenvalue weighted by molar-refractivity contribution is 0.0980. The predicted molar refractivity (Wildman–Crippen MR) is 118 cm³/mol. The number of nitrogens with zero attached hydrogens (tertiary/aromatic N) is 2. The van der Waals surface area contributed by atoms with Crippen molar-refractivity contribution < 1.29 is 9.53 Å². The number of ether oxygens (including phenoxy) is 1. The van der Waals surface area contributed by atoms with Crippen LogP contribution in [0.25, 0.3) is 0 Å². The van der Waals surface area contributed by atoms with Crippen LogP contribution in [-0.2, 0) is 0 Å². The second-order valence-electron chi connectivity index (χ2n) is 6.58. The minimum absolute atomic E-state index is 0.160. The molecule has 0 aliphatic carbocycles. The molecule has 3 aromatic rings. The molecule has 5 nitrogen and oxygen atoms in total. The number of carbonyl (C=O) groups excluding carboxylic acids is 1. The van der Waals surface area contributed by atoms with E-state index in [4.69, 9.17) is 14.7 Å². The van der Waals surface area contributed by atoms with Gasteiger partial charge < -0.3 is 10.1 Å². The van der Waals surface area contributed by atoms with Gasteiger partial charge in [-0.1, -0.05) is 37.3 Å². The average molecular weight is 404 g/mol. The minimum atomic E-state index is -0.248. The number of amides is 1. The molecule has 1 aliphatic heterocycles. The number of para-hydroxylation sites is 2. The lowest BCUT2D eigenvalue weighted by Gasteiger charge is -2.21. The first kappa shape index (κ1) is 19.1. The molecule has 4 rings (SSSR count). The molecule has 6 heteroatoms. The highest BCUT2D eigenvalue weighted by Gasteiger charge is 2.28. The van der Waals surface area contributed by atoms with Crippen LogP contribution in [0.15, 0.2) is 76.0 Å². The summed E-state index contributed by atoms with van der Waals surface area (Å²) in [6.45, 7) is 2.07. The average Bonchev–Trinajstić information content (AvgIpc) is 3.24. The van der Waals surface area contributed by atoms with Crippen LogP contribution in [0.4, 0.5) is 11.4 Å². The molecule has 2 aromatic carbocycles. The van der Waals surface area contributed by atoms with Gasteiger partial charge in [-0.3, -0.25) is 9.79 Å². The van der Waals surface area contributed by atoms with Crippen molar-refractivity contribution in [3.63, 3.8) is 0 Å². The highest BCUT2D eigenvalue weighted by molar-refractivity contribution is 7.12. The number of hydrogen-bond donors (Lipinski definition) is 1. The minimum Gasteiger partial charge on any atom is -0.497 e. The van der Waals surface area contributed by atoms with Crippen molar-refractivity contribution in [2.75, 3.05) is 7.11 Å². The lowest BCUT2D eigenvalue weighted by atomic mass is 9.91. The van der Waals surface area contributed by atoms with E-state index in [1.165, 1.54) is 11.3 Å². The number of methoxy groups -OCH3 is 1. The van der Waals surface area contributed by atoms with E-state index in [2.05, 4.69) is 12.2 Å². The van der Waals surface area contributed by atoms with Crippen molar-refractivity contribution in [2.45, 2.75) is 19.3 Å². The van der Waals surface area contributed by atoms with Gasteiger partial charge in [0.05, 0.1) is 29.3 Å². The molecule has 1 N–H and O–H groups in total. The Kier molecular flexibility index (Phi) is 5.53. The number of benzene rings is 2. The molecule has 0 fully saturated rings. The molecule has 0 saturated heterocycles. The number of rotatable bonds is 4. The zero-order valence-electron chi connectivity index (χ0n) is 16.3. The summed E-state index contributed by atoms with van der Waals surface area (Å²) in [7, 11) is 1.64. The molecule has 0 spiro atoms. The summed E-state index contributed by atoms with van der Waals surface area (Å²) in [6, 6.07) is 19.2. The Labute approximate surface area is 173 Å². The normalized spacial score (nSPS) is 15.6. The van der Waals surface area contributed by atoms with Crippen LogP contribution >= 0.6 is 11.3 Å². The van der Waals surface area contributed by atoms with Crippen molar-refractivity contribution >= 4 is 40.2 Å². The van der Waals surface area contributed by atoms with Gasteiger partial charge in [-0.25, -0.2) is 4.99 Å². The predicted octanol–water partition coefficient (Wildman–Crippen LogP) is 5.50. The number of aliphatic imine (C=N–C) groups is 2. The summed E-state index contributed by atoms with van der Waals surface area (Å²) in [5, 5.41) is 4.94. The molecule has 1 amide bonds. The van der Waals surface area contributed by atoms with Gasteiger partial charge in [0, 0.05) is 5.71 Å². The molecular formula is C23H21N3O2S. The van der Waals surface area contributed by atoms with Crippen molar-refractivity contribution in [3.05, 3.63) is 76.5 Å². The van der Waals surface area contributed by atoms with Crippen LogP contribution in [-0.4, -0.2) is 24.6 Å². The van der Waals surface area contributed by atoms with E-state index < -0.39 is 0 Å². The van der Waals surface area contributed by atoms with Gasteiger partial charge in [-0.15, -0.1) is 11.3 Å². The van der Waals surface area contributed by atoms with E-state index in [0.29, 0.717) is 10.7 Å². The standard InChI is InChI=1S/C23H21N3O2S/c1-3-17-21(15-10-12-16(28-2)13-11-15)22(26-23(27)20-9-6-14-29-20)25-19-8-5-4-7-18(19)24-17/h4-14,21H,3H2,1-2H3,(H,25,26,27). The third kappa shape index (κ3) is 3.98. The van der Waals surface area contributed by atoms with Gasteiger partial charge in [-0.05, 0) is 47.7 Å². The Morgan fingerprint density at radius 1 is 1.03 bits per heavy atom. The summed E-state index contributed by atoms with van der Waals surface area (Å²) in [5.74, 6) is 0.954. The van der Waals surface area contributed by atoms with Gasteiger partial charge in [-0.2, -0.15) is 0 Å². The maximum Gasteiger partial charge on any atom is 0.266 e. The monoisotopic (exact) mass is 403 g/mol. The first-order valence-electron chi connectivity index (χ1n) is 9.43. The maximum absolute atomic E-state index is 12.8. The molecule has 2 heterocycles. The van der Waals surface area contributed by atoms with Crippen LogP contribution in [0.1, 0.15) is 34.5 Å². The molecule has 1 aliphatic rings. The highest BCUT2D eigenvalue weighted by Crippen LogP contribution is 2.35. The summed E-state index contributed by atoms with van der Waals surface area (Å²) in [5.41, 5.74) is 3.51. The lowest BCUT2D eigenvalue weighted by Crippen LogP contribution is -2.37. The zero-order valence-corrected chi connectivity index (χ0v) is 17.1. The van der Waals surface area contributed by atoms with Crippen LogP contribution in [0.5, 0.6) is 5.75 Å². The molecule has 146 valence electrons. The third-order valence-electron chi connectivity index (χ3n) is 4.79. The quantitative estimate of drug-likeness (QED) is 0.625. The van der Waals surface area contributed by atoms with Gasteiger partial charge in [0.25, 0.3) is 5.91 Å². The fourth-order valence-corrected chi connectivity index (χ4v) is 3.96. The molecule has 0 saturated carbocycles. The van der Waals surface area contributed by atoms with Crippen molar-refractivity contribution in [1.29, 1.82) is 0 Å². The van der Waals surface area contributed by atoms with Gasteiger partial charge in [0.1, 0.15) is 11.6 Å². The van der Waals surface area contributed by atoms with E-state index in [-0.39, 0.29) is 11.8 Å². The van der Waals surface area contributed by atoms with Crippen LogP contribution in [0, 0.1) is 0 Å². The van der Waals surface area contributed by atoms with Gasteiger partial charge in [0.2, 0.25) is 0 Å². The third-order valence-corrected chi connectivity index (χ3v) is 5.66. The van der Waals surface area contributed by atoms with Crippen molar-refractivity contribution in [3.8, 4) is 5.75 Å². The molecule has 29 heavy (non-hydrogen) atoms. The van der Waals surface area contributed by atoms with Crippen LogP contribution in [0.2, 0.25) is 0 Å². The Balaban J connectivity index is 1.82. The number of fused-ring (bicyclic) bond motifs is 1. The number of amidine groups is 1. The second kappa shape index (κ2) is 8.41. The van der Waals surface area contributed by atoms with Gasteiger partial charge >= 0.3 is 0 Å². The first-order valence-corrected chi connectivity index (χ1v) is 10.3. The molecule has 1 unspecified atom stereocenters. The first-order chi connectivity index (χ1) is 14.2. The molecule has 1 atom stereocenters. The van der Waals surface area contributed by atoms with E-state index in [0.717, 1.165) is 34.8 Å². The molecule has 1 aromatic heterocycles. The van der Waals surface area contributed by atoms with E-state index in [1.54, 1.807) is 7.11 Å². The number of thiophene rings is 1. The summed E-state index contributed by atoms with van der Waals surface area (Å²) in [6.07, 6.45) is 0.735. The van der Waals surface area contributed by atoms with Crippen LogP contribution in [0.3, 0.4) is 0 Å². The van der Waals surface area contributed by atoms with Crippen LogP contribution < -0.4 is 10.1 Å². The van der Waals surface area contributed by atoms with E-state index in [9.17, 15) is 4.79 Å². The SMILES string of the molecule is CCC1=Nc2ccccc2N=C(NC(=O)c2cccs2)C1c1ccc(OC)cc1. The number of carbonyl (C=O) groups is 1. The van der Waals surface area contributed by atoms with E-state index in [1.807, 2.05) is 66.0 Å². The Morgan fingerprint density at radius 3 is 2.38 bits per heavy atom. The maximum atomic E-state index is 12.8. The molecule has 0 bridgehead atoms. The zero-order chi connectivity index (χ0) is 20.2. The summed E-state index contributed by atoms with van der Waals surface area (Å²) in [4.78, 5) is 23.2. The summed E-state index contributed by atoms with van der Waals surface area (Å²) >= 11 is 1.41. The van der Waals surface area contributed by atoms with Crippen molar-refractivity contribution in [1.82, 2.24) is 5.32 Å². The number of nitrogens with one attached hydrogen (secondary N) is 1. The Bertz CT molecular complexity index is 1070.